The molecule has 2 amide bonds. The molecule has 3 aromatic rings. The summed E-state index contributed by atoms with van der Waals surface area (Å²) < 4.78 is 1.96. The van der Waals surface area contributed by atoms with Gasteiger partial charge in [0.15, 0.2) is 0 Å². The van der Waals surface area contributed by atoms with Crippen molar-refractivity contribution < 1.29 is 14.7 Å². The van der Waals surface area contributed by atoms with E-state index in [9.17, 15) is 19.5 Å². The molecule has 1 aliphatic rings. The first-order chi connectivity index (χ1) is 15.4. The largest absolute Gasteiger partial charge is 0.396 e. The van der Waals surface area contributed by atoms with Crippen LogP contribution in [0.25, 0.3) is 5.69 Å². The predicted octanol–water partition coefficient (Wildman–Crippen LogP) is 2.25. The highest BCUT2D eigenvalue weighted by Crippen LogP contribution is 2.27. The lowest BCUT2D eigenvalue weighted by molar-refractivity contribution is 0.0894. The summed E-state index contributed by atoms with van der Waals surface area (Å²) in [5.74, 6) is -0.559. The molecule has 166 valence electrons. The number of halogens is 1. The van der Waals surface area contributed by atoms with Crippen LogP contribution < -0.4 is 16.2 Å². The lowest BCUT2D eigenvalue weighted by Gasteiger charge is -2.22. The van der Waals surface area contributed by atoms with Gasteiger partial charge in [0, 0.05) is 42.3 Å². The molecule has 2 aromatic heterocycles. The van der Waals surface area contributed by atoms with Gasteiger partial charge >= 0.3 is 0 Å². The molecule has 1 fully saturated rings. The second-order valence-corrected chi connectivity index (χ2v) is 9.33. The first kappa shape index (κ1) is 22.2. The summed E-state index contributed by atoms with van der Waals surface area (Å²) in [5, 5.41) is 15.5. The number of hydrogen-bond acceptors (Lipinski definition) is 6. The molecule has 3 N–H and O–H groups in total. The van der Waals surface area contributed by atoms with E-state index in [-0.39, 0.29) is 42.0 Å². The van der Waals surface area contributed by atoms with E-state index < -0.39 is 0 Å². The topological polar surface area (TPSA) is 113 Å². The molecular formula is C22H21ClN4O4S. The molecule has 8 nitrogen and oxygen atoms in total. The van der Waals surface area contributed by atoms with E-state index in [1.54, 1.807) is 42.6 Å². The number of carbonyl (C=O) groups excluding carboxylic acids is 2. The third-order valence-electron chi connectivity index (χ3n) is 5.48. The van der Waals surface area contributed by atoms with Crippen LogP contribution in [-0.4, -0.2) is 45.2 Å². The van der Waals surface area contributed by atoms with Crippen molar-refractivity contribution in [2.24, 2.45) is 5.92 Å². The predicted molar refractivity (Wildman–Crippen MR) is 121 cm³/mol. The Morgan fingerprint density at radius 1 is 1.09 bits per heavy atom. The summed E-state index contributed by atoms with van der Waals surface area (Å²) in [6, 6.07) is 9.33. The number of aromatic nitrogens is 2. The first-order valence-corrected chi connectivity index (χ1v) is 11.2. The highest BCUT2D eigenvalue weighted by atomic mass is 35.5. The van der Waals surface area contributed by atoms with E-state index in [0.29, 0.717) is 33.3 Å². The van der Waals surface area contributed by atoms with E-state index in [1.807, 2.05) is 0 Å². The van der Waals surface area contributed by atoms with Crippen molar-refractivity contribution in [2.75, 3.05) is 6.61 Å². The summed E-state index contributed by atoms with van der Waals surface area (Å²) in [6.45, 7) is -0.0149. The second-order valence-electron chi connectivity index (χ2n) is 7.62. The van der Waals surface area contributed by atoms with Crippen LogP contribution >= 0.6 is 22.9 Å². The van der Waals surface area contributed by atoms with Gasteiger partial charge in [0.05, 0.1) is 15.4 Å². The van der Waals surface area contributed by atoms with Crippen LogP contribution in [0.1, 0.15) is 32.9 Å². The van der Waals surface area contributed by atoms with Crippen molar-refractivity contribution in [1.82, 2.24) is 20.2 Å². The SMILES string of the molecule is O=C(N[C@@H]1C[C@@H](CO)C[C@H]1NC(=O)c1ccc(Cl)s1)c1ccc(-n2ccncc2=O)cc1. The number of aliphatic hydroxyl groups is 1. The number of nitrogens with zero attached hydrogens (tertiary/aromatic N) is 2. The summed E-state index contributed by atoms with van der Waals surface area (Å²) in [6.07, 6.45) is 5.41. The number of nitrogens with one attached hydrogen (secondary N) is 2. The lowest BCUT2D eigenvalue weighted by atomic mass is 10.1. The molecule has 1 saturated carbocycles. The highest BCUT2D eigenvalue weighted by molar-refractivity contribution is 7.18. The maximum atomic E-state index is 12.8. The molecule has 0 radical (unpaired) electrons. The number of aliphatic hydroxyl groups excluding tert-OH is 1. The second kappa shape index (κ2) is 9.64. The average Bonchev–Trinajstić information content (AvgIpc) is 3.40. The van der Waals surface area contributed by atoms with Crippen LogP contribution in [0.2, 0.25) is 4.34 Å². The van der Waals surface area contributed by atoms with Crippen molar-refractivity contribution in [3.05, 3.63) is 80.1 Å². The van der Waals surface area contributed by atoms with E-state index in [4.69, 9.17) is 11.6 Å². The van der Waals surface area contributed by atoms with Gasteiger partial charge in [-0.1, -0.05) is 11.6 Å². The normalized spacial score (nSPS) is 20.1. The minimum Gasteiger partial charge on any atom is -0.396 e. The summed E-state index contributed by atoms with van der Waals surface area (Å²) in [4.78, 5) is 41.6. The van der Waals surface area contributed by atoms with Crippen molar-refractivity contribution in [3.63, 3.8) is 0 Å². The van der Waals surface area contributed by atoms with Crippen LogP contribution in [0.3, 0.4) is 0 Å². The van der Waals surface area contributed by atoms with Gasteiger partial charge in [-0.25, -0.2) is 0 Å². The molecule has 0 aliphatic heterocycles. The molecule has 0 unspecified atom stereocenters. The first-order valence-electron chi connectivity index (χ1n) is 10.1. The number of thiophene rings is 1. The zero-order chi connectivity index (χ0) is 22.7. The van der Waals surface area contributed by atoms with Gasteiger partial charge in [0.2, 0.25) is 0 Å². The van der Waals surface area contributed by atoms with Crippen molar-refractivity contribution in [2.45, 2.75) is 24.9 Å². The molecule has 1 aliphatic carbocycles. The minimum absolute atomic E-state index is 0.0149. The van der Waals surface area contributed by atoms with Gasteiger partial charge in [0.1, 0.15) is 0 Å². The van der Waals surface area contributed by atoms with Gasteiger partial charge in [0.25, 0.3) is 17.4 Å². The fourth-order valence-electron chi connectivity index (χ4n) is 3.87. The molecule has 3 atom stereocenters. The molecule has 10 heteroatoms. The Morgan fingerprint density at radius 3 is 2.38 bits per heavy atom. The van der Waals surface area contributed by atoms with Gasteiger partial charge in [-0.3, -0.25) is 23.9 Å². The quantitative estimate of drug-likeness (QED) is 0.509. The number of amides is 2. The average molecular weight is 473 g/mol. The Labute approximate surface area is 192 Å². The molecule has 32 heavy (non-hydrogen) atoms. The Balaban J connectivity index is 1.45. The van der Waals surface area contributed by atoms with Gasteiger partial charge in [-0.05, 0) is 55.2 Å². The Morgan fingerprint density at radius 2 is 1.78 bits per heavy atom. The van der Waals surface area contributed by atoms with Crippen molar-refractivity contribution >= 4 is 34.8 Å². The Kier molecular flexibility index (Phi) is 6.69. The van der Waals surface area contributed by atoms with Crippen molar-refractivity contribution in [1.29, 1.82) is 0 Å². The van der Waals surface area contributed by atoms with Crippen LogP contribution in [0.15, 0.2) is 59.8 Å². The fraction of sp³-hybridized carbons (Fsp3) is 0.273. The maximum absolute atomic E-state index is 12.8. The van der Waals surface area contributed by atoms with Gasteiger partial charge in [-0.15, -0.1) is 11.3 Å². The van der Waals surface area contributed by atoms with Crippen LogP contribution in [-0.2, 0) is 0 Å². The monoisotopic (exact) mass is 472 g/mol. The van der Waals surface area contributed by atoms with E-state index in [1.165, 1.54) is 28.3 Å². The Bertz CT molecular complexity index is 1180. The van der Waals surface area contributed by atoms with E-state index in [0.717, 1.165) is 0 Å². The fourth-order valence-corrected chi connectivity index (χ4v) is 4.82. The van der Waals surface area contributed by atoms with Crippen LogP contribution in [0, 0.1) is 5.92 Å². The smallest absolute Gasteiger partial charge is 0.273 e. The highest BCUT2D eigenvalue weighted by Gasteiger charge is 2.36. The molecule has 0 bridgehead atoms. The van der Waals surface area contributed by atoms with E-state index >= 15 is 0 Å². The molecule has 1 aromatic carbocycles. The van der Waals surface area contributed by atoms with Crippen LogP contribution in [0.5, 0.6) is 0 Å². The zero-order valence-corrected chi connectivity index (χ0v) is 18.5. The van der Waals surface area contributed by atoms with Crippen LogP contribution in [0.4, 0.5) is 0 Å². The summed E-state index contributed by atoms with van der Waals surface area (Å²) in [5.41, 5.74) is 0.782. The number of rotatable bonds is 6. The molecule has 4 rings (SSSR count). The van der Waals surface area contributed by atoms with Crippen molar-refractivity contribution in [3.8, 4) is 5.69 Å². The zero-order valence-electron chi connectivity index (χ0n) is 16.9. The number of benzene rings is 1. The minimum atomic E-state index is -0.318. The third kappa shape index (κ3) is 4.90. The molecule has 0 spiro atoms. The molecule has 0 saturated heterocycles. The third-order valence-corrected chi connectivity index (χ3v) is 6.71. The van der Waals surface area contributed by atoms with E-state index in [2.05, 4.69) is 15.6 Å². The molecular weight excluding hydrogens is 452 g/mol. The Hall–Kier alpha value is -3.01. The number of carbonyl (C=O) groups is 2. The standard InChI is InChI=1S/C22H21ClN4O4S/c23-19-6-5-18(32-19)22(31)26-17-10-13(12-28)9-16(17)25-21(30)14-1-3-15(4-2-14)27-8-7-24-11-20(27)29/h1-8,11,13,16-17,28H,9-10,12H2,(H,25,30)(H,26,31)/t13-,16-,17-/m1/s1. The van der Waals surface area contributed by atoms with Gasteiger partial charge in [-0.2, -0.15) is 0 Å². The van der Waals surface area contributed by atoms with Gasteiger partial charge < -0.3 is 15.7 Å². The maximum Gasteiger partial charge on any atom is 0.273 e. The number of hydrogen-bond donors (Lipinski definition) is 3. The summed E-state index contributed by atoms with van der Waals surface area (Å²) in [7, 11) is 0. The lowest BCUT2D eigenvalue weighted by Crippen LogP contribution is -2.48. The molecule has 2 heterocycles. The summed E-state index contributed by atoms with van der Waals surface area (Å²) >= 11 is 7.10.